The zero-order valence-electron chi connectivity index (χ0n) is 11.8. The molecule has 0 bridgehead atoms. The average Bonchev–Trinajstić information content (AvgIpc) is 2.53. The standard InChI is InChI=1S/C14H14N4O3S/c15-7-1-9-17(10-2-8-16)14(19)11-22-13-5-3-12(4-6-13)18(20)21/h3-6H,1-2,9-11H2. The molecule has 0 atom stereocenters. The summed E-state index contributed by atoms with van der Waals surface area (Å²) in [5.41, 5.74) is 0.000318. The van der Waals surface area contributed by atoms with Crippen molar-refractivity contribution < 1.29 is 9.72 Å². The van der Waals surface area contributed by atoms with Gasteiger partial charge in [0.1, 0.15) is 0 Å². The number of nitro benzene ring substituents is 1. The van der Waals surface area contributed by atoms with Crippen LogP contribution in [0.3, 0.4) is 0 Å². The largest absolute Gasteiger partial charge is 0.340 e. The molecule has 1 aromatic carbocycles. The molecular weight excluding hydrogens is 304 g/mol. The third-order valence-corrected chi connectivity index (χ3v) is 3.75. The van der Waals surface area contributed by atoms with Crippen LogP contribution in [0.15, 0.2) is 29.2 Å². The molecule has 0 saturated carbocycles. The maximum Gasteiger partial charge on any atom is 0.269 e. The smallest absolute Gasteiger partial charge is 0.269 e. The van der Waals surface area contributed by atoms with Crippen LogP contribution in [0.2, 0.25) is 0 Å². The van der Waals surface area contributed by atoms with Crippen molar-refractivity contribution in [2.24, 2.45) is 0 Å². The summed E-state index contributed by atoms with van der Waals surface area (Å²) in [6.45, 7) is 0.607. The van der Waals surface area contributed by atoms with Crippen LogP contribution >= 0.6 is 11.8 Å². The first-order valence-corrected chi connectivity index (χ1v) is 7.46. The van der Waals surface area contributed by atoms with Gasteiger partial charge in [0.05, 0.1) is 35.7 Å². The molecule has 0 unspecified atom stereocenters. The van der Waals surface area contributed by atoms with Crippen LogP contribution in [-0.2, 0) is 4.79 Å². The molecule has 22 heavy (non-hydrogen) atoms. The number of hydrogen-bond acceptors (Lipinski definition) is 6. The molecule has 0 N–H and O–H groups in total. The molecule has 1 amide bonds. The van der Waals surface area contributed by atoms with Crippen LogP contribution in [0.25, 0.3) is 0 Å². The highest BCUT2D eigenvalue weighted by atomic mass is 32.2. The first kappa shape index (κ1) is 17.5. The van der Waals surface area contributed by atoms with Gasteiger partial charge in [0.15, 0.2) is 0 Å². The Kier molecular flexibility index (Phi) is 7.44. The summed E-state index contributed by atoms with van der Waals surface area (Å²) in [5, 5.41) is 27.7. The van der Waals surface area contributed by atoms with E-state index < -0.39 is 4.92 Å². The molecule has 0 fully saturated rings. The molecule has 0 aliphatic carbocycles. The van der Waals surface area contributed by atoms with Gasteiger partial charge in [-0.1, -0.05) is 0 Å². The highest BCUT2D eigenvalue weighted by Crippen LogP contribution is 2.21. The van der Waals surface area contributed by atoms with Gasteiger partial charge in [-0.25, -0.2) is 0 Å². The Morgan fingerprint density at radius 1 is 1.18 bits per heavy atom. The van der Waals surface area contributed by atoms with Gasteiger partial charge in [0.2, 0.25) is 5.91 Å². The van der Waals surface area contributed by atoms with Crippen molar-refractivity contribution in [1.29, 1.82) is 10.5 Å². The molecule has 114 valence electrons. The Bertz CT molecular complexity index is 586. The summed E-state index contributed by atoms with van der Waals surface area (Å²) in [5.74, 6) is 0.00291. The fraction of sp³-hybridized carbons (Fsp3) is 0.357. The lowest BCUT2D eigenvalue weighted by Crippen LogP contribution is -2.34. The topological polar surface area (TPSA) is 111 Å². The van der Waals surface area contributed by atoms with E-state index in [0.29, 0.717) is 13.1 Å². The lowest BCUT2D eigenvalue weighted by Gasteiger charge is -2.20. The molecular formula is C14H14N4O3S. The zero-order chi connectivity index (χ0) is 16.4. The van der Waals surface area contributed by atoms with E-state index in [1.54, 1.807) is 12.1 Å². The van der Waals surface area contributed by atoms with Gasteiger partial charge in [-0.15, -0.1) is 11.8 Å². The third kappa shape index (κ3) is 5.81. The van der Waals surface area contributed by atoms with E-state index >= 15 is 0 Å². The summed E-state index contributed by atoms with van der Waals surface area (Å²) >= 11 is 1.26. The van der Waals surface area contributed by atoms with Crippen molar-refractivity contribution in [1.82, 2.24) is 4.90 Å². The summed E-state index contributed by atoms with van der Waals surface area (Å²) in [6.07, 6.45) is 0.443. The van der Waals surface area contributed by atoms with Gasteiger partial charge in [0, 0.05) is 30.1 Å². The molecule has 0 saturated heterocycles. The van der Waals surface area contributed by atoms with Gasteiger partial charge in [0.25, 0.3) is 5.69 Å². The minimum atomic E-state index is -0.481. The van der Waals surface area contributed by atoms with Crippen LogP contribution < -0.4 is 0 Å². The maximum absolute atomic E-state index is 12.1. The number of thioether (sulfide) groups is 1. The van der Waals surface area contributed by atoms with Crippen molar-refractivity contribution in [2.45, 2.75) is 17.7 Å². The second kappa shape index (κ2) is 9.37. The molecule has 0 aromatic heterocycles. The lowest BCUT2D eigenvalue weighted by atomic mass is 10.3. The molecule has 8 heteroatoms. The normalized spacial score (nSPS) is 9.55. The average molecular weight is 318 g/mol. The van der Waals surface area contributed by atoms with Gasteiger partial charge in [-0.2, -0.15) is 10.5 Å². The van der Waals surface area contributed by atoms with Crippen molar-refractivity contribution in [3.05, 3.63) is 34.4 Å². The second-order valence-corrected chi connectivity index (χ2v) is 5.29. The molecule has 0 spiro atoms. The number of carbonyl (C=O) groups is 1. The van der Waals surface area contributed by atoms with Gasteiger partial charge < -0.3 is 4.90 Å². The Morgan fingerprint density at radius 3 is 2.18 bits per heavy atom. The number of nitriles is 2. The molecule has 7 nitrogen and oxygen atoms in total. The molecule has 1 aromatic rings. The van der Waals surface area contributed by atoms with E-state index in [1.807, 2.05) is 12.1 Å². The molecule has 0 aliphatic rings. The van der Waals surface area contributed by atoms with Crippen LogP contribution in [0.4, 0.5) is 5.69 Å². The number of nitrogens with zero attached hydrogens (tertiary/aromatic N) is 4. The summed E-state index contributed by atoms with van der Waals surface area (Å²) < 4.78 is 0. The number of hydrogen-bond donors (Lipinski definition) is 0. The minimum Gasteiger partial charge on any atom is -0.340 e. The van der Waals surface area contributed by atoms with Crippen molar-refractivity contribution in [3.63, 3.8) is 0 Å². The van der Waals surface area contributed by atoms with E-state index in [4.69, 9.17) is 10.5 Å². The zero-order valence-corrected chi connectivity index (χ0v) is 12.6. The SMILES string of the molecule is N#CCCN(CCC#N)C(=O)CSc1ccc([N+](=O)[O-])cc1. The van der Waals surface area contributed by atoms with Crippen LogP contribution in [0.1, 0.15) is 12.8 Å². The molecule has 1 rings (SSSR count). The highest BCUT2D eigenvalue weighted by Gasteiger charge is 2.13. The number of non-ortho nitro benzene ring substituents is 1. The highest BCUT2D eigenvalue weighted by molar-refractivity contribution is 8.00. The van der Waals surface area contributed by atoms with E-state index in [1.165, 1.54) is 28.8 Å². The number of rotatable bonds is 8. The summed E-state index contributed by atoms with van der Waals surface area (Å²) in [7, 11) is 0. The summed E-state index contributed by atoms with van der Waals surface area (Å²) in [6, 6.07) is 9.89. The van der Waals surface area contributed by atoms with Gasteiger partial charge >= 0.3 is 0 Å². The summed E-state index contributed by atoms with van der Waals surface area (Å²) in [4.78, 5) is 24.4. The third-order valence-electron chi connectivity index (χ3n) is 2.75. The van der Waals surface area contributed by atoms with Crippen molar-refractivity contribution >= 4 is 23.4 Å². The monoisotopic (exact) mass is 318 g/mol. The van der Waals surface area contributed by atoms with Gasteiger partial charge in [-0.05, 0) is 12.1 Å². The predicted octanol–water partition coefficient (Wildman–Crippen LogP) is 2.34. The Hall–Kier alpha value is -2.58. The maximum atomic E-state index is 12.1. The molecule has 0 radical (unpaired) electrons. The van der Waals surface area contributed by atoms with E-state index in [9.17, 15) is 14.9 Å². The molecule has 0 heterocycles. The number of benzene rings is 1. The fourth-order valence-electron chi connectivity index (χ4n) is 1.63. The number of amides is 1. The minimum absolute atomic E-state index is 0.000318. The Balaban J connectivity index is 2.56. The molecule has 0 aliphatic heterocycles. The first-order chi connectivity index (χ1) is 10.6. The van der Waals surface area contributed by atoms with E-state index in [-0.39, 0.29) is 30.2 Å². The Morgan fingerprint density at radius 2 is 1.73 bits per heavy atom. The van der Waals surface area contributed by atoms with Crippen molar-refractivity contribution in [3.8, 4) is 12.1 Å². The van der Waals surface area contributed by atoms with Crippen LogP contribution in [-0.4, -0.2) is 34.6 Å². The van der Waals surface area contributed by atoms with Gasteiger partial charge in [-0.3, -0.25) is 14.9 Å². The van der Waals surface area contributed by atoms with E-state index in [0.717, 1.165) is 4.90 Å². The number of nitro groups is 1. The fourth-order valence-corrected chi connectivity index (χ4v) is 2.43. The van der Waals surface area contributed by atoms with E-state index in [2.05, 4.69) is 0 Å². The van der Waals surface area contributed by atoms with Crippen molar-refractivity contribution in [2.75, 3.05) is 18.8 Å². The lowest BCUT2D eigenvalue weighted by molar-refractivity contribution is -0.384. The van der Waals surface area contributed by atoms with Crippen LogP contribution in [0, 0.1) is 32.8 Å². The predicted molar refractivity (Wildman–Crippen MR) is 80.9 cm³/mol. The Labute approximate surface area is 132 Å². The second-order valence-electron chi connectivity index (χ2n) is 4.24. The van der Waals surface area contributed by atoms with Crippen LogP contribution in [0.5, 0.6) is 0 Å². The first-order valence-electron chi connectivity index (χ1n) is 6.47. The number of carbonyl (C=O) groups excluding carboxylic acids is 1. The quantitative estimate of drug-likeness (QED) is 0.413.